The molecule has 0 saturated carbocycles. The average molecular weight is 353 g/mol. The van der Waals surface area contributed by atoms with Gasteiger partial charge in [-0.3, -0.25) is 9.47 Å². The number of hydrogen-bond donors (Lipinski definition) is 5. The van der Waals surface area contributed by atoms with E-state index in [1.54, 1.807) is 11.9 Å². The Morgan fingerprint density at radius 1 is 1.32 bits per heavy atom. The van der Waals surface area contributed by atoms with Crippen molar-refractivity contribution >= 4 is 17.0 Å². The molecular weight excluding hydrogens is 330 g/mol. The summed E-state index contributed by atoms with van der Waals surface area (Å²) in [5.74, 6) is 0.215. The molecule has 3 rings (SSSR count). The summed E-state index contributed by atoms with van der Waals surface area (Å²) in [6.45, 7) is 0.896. The van der Waals surface area contributed by atoms with Crippen LogP contribution < -0.4 is 11.5 Å². The number of rotatable bonds is 6. The lowest BCUT2D eigenvalue weighted by Gasteiger charge is -2.26. The van der Waals surface area contributed by atoms with Gasteiger partial charge in [0.15, 0.2) is 17.7 Å². The van der Waals surface area contributed by atoms with Crippen molar-refractivity contribution in [1.82, 2.24) is 24.4 Å². The second kappa shape index (κ2) is 7.15. The third-order valence-electron chi connectivity index (χ3n) is 4.43. The van der Waals surface area contributed by atoms with Gasteiger partial charge in [-0.25, -0.2) is 15.0 Å². The van der Waals surface area contributed by atoms with Crippen molar-refractivity contribution in [3.05, 3.63) is 12.7 Å². The predicted molar refractivity (Wildman–Crippen MR) is 88.0 cm³/mol. The van der Waals surface area contributed by atoms with Gasteiger partial charge in [0.25, 0.3) is 0 Å². The van der Waals surface area contributed by atoms with Crippen LogP contribution in [0.2, 0.25) is 0 Å². The van der Waals surface area contributed by atoms with Gasteiger partial charge in [-0.15, -0.1) is 0 Å². The van der Waals surface area contributed by atoms with Crippen LogP contribution in [0.1, 0.15) is 12.6 Å². The van der Waals surface area contributed by atoms with E-state index in [1.165, 1.54) is 17.2 Å². The highest BCUT2D eigenvalue weighted by Crippen LogP contribution is 2.33. The maximum Gasteiger partial charge on any atom is 0.167 e. The third-order valence-corrected chi connectivity index (χ3v) is 4.43. The van der Waals surface area contributed by atoms with Gasteiger partial charge in [0, 0.05) is 19.5 Å². The zero-order valence-corrected chi connectivity index (χ0v) is 13.8. The van der Waals surface area contributed by atoms with Gasteiger partial charge in [-0.1, -0.05) is 0 Å². The van der Waals surface area contributed by atoms with Crippen molar-refractivity contribution in [2.75, 3.05) is 25.9 Å². The molecular formula is C14H23N7O4. The number of nitrogens with zero attached hydrogens (tertiary/aromatic N) is 5. The fraction of sp³-hybridized carbons (Fsp3) is 0.643. The van der Waals surface area contributed by atoms with Crippen LogP contribution in [-0.4, -0.2) is 84.4 Å². The van der Waals surface area contributed by atoms with Crippen molar-refractivity contribution in [3.63, 3.8) is 0 Å². The minimum Gasteiger partial charge on any atom is -0.388 e. The van der Waals surface area contributed by atoms with Gasteiger partial charge in [-0.05, 0) is 7.05 Å². The topological polar surface area (TPSA) is 169 Å². The van der Waals surface area contributed by atoms with E-state index in [0.717, 1.165) is 0 Å². The Hall–Kier alpha value is -1.89. The van der Waals surface area contributed by atoms with Gasteiger partial charge in [0.2, 0.25) is 0 Å². The number of hydrogen-bond acceptors (Lipinski definition) is 10. The van der Waals surface area contributed by atoms with Gasteiger partial charge in [-0.2, -0.15) is 0 Å². The van der Waals surface area contributed by atoms with Gasteiger partial charge < -0.3 is 31.5 Å². The maximum absolute atomic E-state index is 10.4. The lowest BCUT2D eigenvalue weighted by molar-refractivity contribution is -0.0732. The molecule has 0 spiro atoms. The molecule has 1 unspecified atom stereocenters. The van der Waals surface area contributed by atoms with E-state index in [-0.39, 0.29) is 12.2 Å². The monoisotopic (exact) mass is 353 g/mol. The van der Waals surface area contributed by atoms with Crippen LogP contribution in [0.15, 0.2) is 12.7 Å². The number of aliphatic hydroxyl groups excluding tert-OH is 3. The lowest BCUT2D eigenvalue weighted by atomic mass is 10.1. The van der Waals surface area contributed by atoms with E-state index in [9.17, 15) is 15.3 Å². The molecule has 0 aromatic carbocycles. The molecule has 2 aromatic rings. The van der Waals surface area contributed by atoms with E-state index in [2.05, 4.69) is 15.0 Å². The van der Waals surface area contributed by atoms with E-state index in [4.69, 9.17) is 16.2 Å². The summed E-state index contributed by atoms with van der Waals surface area (Å²) in [7, 11) is 1.72. The molecule has 11 heteroatoms. The van der Waals surface area contributed by atoms with Crippen molar-refractivity contribution in [2.45, 2.75) is 37.2 Å². The smallest absolute Gasteiger partial charge is 0.167 e. The molecule has 0 amide bonds. The first-order chi connectivity index (χ1) is 11.9. The zero-order valence-electron chi connectivity index (χ0n) is 13.8. The third kappa shape index (κ3) is 3.29. The summed E-state index contributed by atoms with van der Waals surface area (Å²) in [5, 5.41) is 30.8. The minimum atomic E-state index is -1.20. The van der Waals surface area contributed by atoms with Crippen LogP contribution in [0.25, 0.3) is 11.2 Å². The summed E-state index contributed by atoms with van der Waals surface area (Å²) in [6.07, 6.45) is -2.04. The highest BCUT2D eigenvalue weighted by atomic mass is 16.6. The largest absolute Gasteiger partial charge is 0.388 e. The fourth-order valence-electron chi connectivity index (χ4n) is 2.95. The van der Waals surface area contributed by atoms with E-state index < -0.39 is 30.8 Å². The maximum atomic E-state index is 10.4. The molecule has 2 aromatic heterocycles. The minimum absolute atomic E-state index is 0.120. The average Bonchev–Trinajstić information content (AvgIpc) is 3.12. The summed E-state index contributed by atoms with van der Waals surface area (Å²) < 4.78 is 7.28. The number of aromatic nitrogens is 4. The molecule has 1 aliphatic rings. The molecule has 25 heavy (non-hydrogen) atoms. The highest BCUT2D eigenvalue weighted by molar-refractivity contribution is 5.81. The SMILES string of the molecule is CN(CCN)C(O)C[C@H]1O[C@@H](n2cnc3c(N)ncnc32)[C@H](O)[C@@H]1O. The van der Waals surface area contributed by atoms with Crippen molar-refractivity contribution in [3.8, 4) is 0 Å². The Morgan fingerprint density at radius 3 is 2.80 bits per heavy atom. The van der Waals surface area contributed by atoms with Gasteiger partial charge in [0.05, 0.1) is 12.4 Å². The predicted octanol–water partition coefficient (Wildman–Crippen LogP) is -2.37. The normalized spacial score (nSPS) is 28.1. The van der Waals surface area contributed by atoms with Crippen LogP contribution in [0.4, 0.5) is 5.82 Å². The summed E-state index contributed by atoms with van der Waals surface area (Å²) in [5.41, 5.74) is 12.0. The highest BCUT2D eigenvalue weighted by Gasteiger charge is 2.45. The Bertz CT molecular complexity index is 726. The second-order valence-corrected chi connectivity index (χ2v) is 6.11. The Labute approximate surface area is 143 Å². The first-order valence-electron chi connectivity index (χ1n) is 7.97. The molecule has 7 N–H and O–H groups in total. The number of anilines is 1. The second-order valence-electron chi connectivity index (χ2n) is 6.11. The Kier molecular flexibility index (Phi) is 5.13. The molecule has 1 fully saturated rings. The zero-order chi connectivity index (χ0) is 18.1. The Morgan fingerprint density at radius 2 is 2.08 bits per heavy atom. The number of imidazole rings is 1. The summed E-state index contributed by atoms with van der Waals surface area (Å²) in [4.78, 5) is 13.8. The van der Waals surface area contributed by atoms with Gasteiger partial charge in [0.1, 0.15) is 30.3 Å². The first-order valence-corrected chi connectivity index (χ1v) is 7.97. The molecule has 5 atom stereocenters. The van der Waals surface area contributed by atoms with Crippen LogP contribution in [0.3, 0.4) is 0 Å². The number of ether oxygens (including phenoxy) is 1. The van der Waals surface area contributed by atoms with E-state index in [0.29, 0.717) is 24.3 Å². The lowest BCUT2D eigenvalue weighted by Crippen LogP contribution is -2.40. The van der Waals surface area contributed by atoms with E-state index in [1.807, 2.05) is 0 Å². The number of fused-ring (bicyclic) bond motifs is 1. The van der Waals surface area contributed by atoms with Crippen LogP contribution >= 0.6 is 0 Å². The van der Waals surface area contributed by atoms with Crippen LogP contribution in [0, 0.1) is 0 Å². The molecule has 138 valence electrons. The molecule has 0 bridgehead atoms. The van der Waals surface area contributed by atoms with Crippen LogP contribution in [-0.2, 0) is 4.74 Å². The van der Waals surface area contributed by atoms with Crippen molar-refractivity contribution in [1.29, 1.82) is 0 Å². The molecule has 0 radical (unpaired) electrons. The standard InChI is InChI=1S/C14H23N7O4/c1-20(3-2-15)8(22)4-7-10(23)11(24)14(25-7)21-6-19-9-12(16)17-5-18-13(9)21/h5-8,10-11,14,22-24H,2-4,15H2,1H3,(H2,16,17,18)/t7-,8?,10-,11-,14-/m1/s1. The first kappa shape index (κ1) is 17.9. The summed E-state index contributed by atoms with van der Waals surface area (Å²) >= 11 is 0. The molecule has 1 saturated heterocycles. The molecule has 11 nitrogen and oxygen atoms in total. The van der Waals surface area contributed by atoms with E-state index >= 15 is 0 Å². The van der Waals surface area contributed by atoms with Gasteiger partial charge >= 0.3 is 0 Å². The number of aliphatic hydroxyl groups is 3. The molecule has 3 heterocycles. The molecule has 0 aliphatic carbocycles. The summed E-state index contributed by atoms with van der Waals surface area (Å²) in [6, 6.07) is 0. The fourth-order valence-corrected chi connectivity index (χ4v) is 2.95. The number of nitrogens with two attached hydrogens (primary N) is 2. The van der Waals surface area contributed by atoms with Crippen LogP contribution in [0.5, 0.6) is 0 Å². The number of nitrogen functional groups attached to an aromatic ring is 1. The van der Waals surface area contributed by atoms with Crippen molar-refractivity contribution in [2.24, 2.45) is 5.73 Å². The molecule has 1 aliphatic heterocycles. The quantitative estimate of drug-likeness (QED) is 0.354. The number of likely N-dealkylation sites (N-methyl/N-ethyl adjacent to an activating group) is 1. The Balaban J connectivity index is 1.78. The van der Waals surface area contributed by atoms with Crippen molar-refractivity contribution < 1.29 is 20.1 Å².